The first kappa shape index (κ1) is 11.9. The predicted molar refractivity (Wildman–Crippen MR) is 68.2 cm³/mol. The Bertz CT molecular complexity index is 440. The lowest BCUT2D eigenvalue weighted by molar-refractivity contribution is 0.366. The number of hydrogen-bond donors (Lipinski definition) is 0. The van der Waals surface area contributed by atoms with Crippen molar-refractivity contribution < 1.29 is 9.47 Å². The van der Waals surface area contributed by atoms with Crippen LogP contribution in [0.3, 0.4) is 0 Å². The normalized spacial score (nSPS) is 23.4. The highest BCUT2D eigenvalue weighted by molar-refractivity contribution is 9.10. The van der Waals surface area contributed by atoms with E-state index in [9.17, 15) is 0 Å². The zero-order valence-electron chi connectivity index (χ0n) is 10.3. The Balaban J connectivity index is 2.66. The van der Waals surface area contributed by atoms with Crippen LogP contribution >= 0.6 is 15.9 Å². The molecule has 2 nitrogen and oxygen atoms in total. The molecule has 0 aliphatic carbocycles. The maximum Gasteiger partial charge on any atom is 0.128 e. The van der Waals surface area contributed by atoms with E-state index >= 15 is 0 Å². The molecule has 2 unspecified atom stereocenters. The molecule has 3 heteroatoms. The van der Waals surface area contributed by atoms with E-state index in [0.29, 0.717) is 6.10 Å². The van der Waals surface area contributed by atoms with Gasteiger partial charge in [-0.05, 0) is 44.4 Å². The Morgan fingerprint density at radius 2 is 1.69 bits per heavy atom. The predicted octanol–water partition coefficient (Wildman–Crippen LogP) is 3.84. The summed E-state index contributed by atoms with van der Waals surface area (Å²) < 4.78 is 12.3. The summed E-state index contributed by atoms with van der Waals surface area (Å²) >= 11 is 3.65. The van der Waals surface area contributed by atoms with E-state index in [0.717, 1.165) is 5.75 Å². The summed E-state index contributed by atoms with van der Waals surface area (Å²) in [5.41, 5.74) is 4.86. The minimum atomic E-state index is 0.200. The van der Waals surface area contributed by atoms with Gasteiger partial charge in [0.05, 0.1) is 13.2 Å². The van der Waals surface area contributed by atoms with Gasteiger partial charge in [-0.3, -0.25) is 0 Å². The van der Waals surface area contributed by atoms with Crippen molar-refractivity contribution in [1.82, 2.24) is 0 Å². The number of hydrogen-bond acceptors (Lipinski definition) is 2. The van der Waals surface area contributed by atoms with E-state index in [-0.39, 0.29) is 6.10 Å². The van der Waals surface area contributed by atoms with Gasteiger partial charge in [0.1, 0.15) is 11.9 Å². The van der Waals surface area contributed by atoms with E-state index in [4.69, 9.17) is 9.47 Å². The molecular formula is C13H17BrO2. The second-order valence-corrected chi connectivity index (χ2v) is 5.19. The summed E-state index contributed by atoms with van der Waals surface area (Å²) in [7, 11) is 1.73. The average Bonchev–Trinajstić information content (AvgIpc) is 2.97. The molecule has 2 rings (SSSR count). The molecule has 1 aliphatic heterocycles. The number of epoxide rings is 1. The molecule has 1 heterocycles. The molecule has 0 spiro atoms. The molecule has 1 saturated heterocycles. The van der Waals surface area contributed by atoms with Crippen LogP contribution in [-0.2, 0) is 4.74 Å². The molecule has 88 valence electrons. The second-order valence-electron chi connectivity index (χ2n) is 4.40. The zero-order chi connectivity index (χ0) is 12.0. The third kappa shape index (κ3) is 1.66. The van der Waals surface area contributed by atoms with Gasteiger partial charge >= 0.3 is 0 Å². The monoisotopic (exact) mass is 284 g/mol. The summed E-state index contributed by atoms with van der Waals surface area (Å²) in [6.45, 7) is 8.40. The summed E-state index contributed by atoms with van der Waals surface area (Å²) in [6, 6.07) is 0. The Kier molecular flexibility index (Phi) is 3.01. The van der Waals surface area contributed by atoms with Crippen molar-refractivity contribution in [2.24, 2.45) is 0 Å². The molecule has 0 N–H and O–H groups in total. The van der Waals surface area contributed by atoms with E-state index in [1.165, 1.54) is 26.7 Å². The van der Waals surface area contributed by atoms with Gasteiger partial charge in [-0.2, -0.15) is 0 Å². The van der Waals surface area contributed by atoms with Gasteiger partial charge in [-0.15, -0.1) is 0 Å². The first-order valence-corrected chi connectivity index (χ1v) is 6.27. The first-order chi connectivity index (χ1) is 7.49. The van der Waals surface area contributed by atoms with Gasteiger partial charge in [0.25, 0.3) is 0 Å². The van der Waals surface area contributed by atoms with Crippen molar-refractivity contribution in [3.05, 3.63) is 26.7 Å². The summed E-state index contributed by atoms with van der Waals surface area (Å²) in [4.78, 5) is 0. The lowest BCUT2D eigenvalue weighted by Crippen LogP contribution is -2.02. The van der Waals surface area contributed by atoms with Crippen molar-refractivity contribution in [2.45, 2.75) is 39.9 Å². The van der Waals surface area contributed by atoms with Crippen LogP contribution in [-0.4, -0.2) is 13.2 Å². The van der Waals surface area contributed by atoms with Crippen LogP contribution in [0.5, 0.6) is 5.75 Å². The standard InChI is InChI=1S/C13H17BrO2/c1-6-7(2)12(15-5)10(8(3)11(6)14)13-9(4)16-13/h9,13H,1-5H3. The van der Waals surface area contributed by atoms with Crippen molar-refractivity contribution in [3.8, 4) is 5.75 Å². The topological polar surface area (TPSA) is 21.8 Å². The first-order valence-electron chi connectivity index (χ1n) is 5.47. The van der Waals surface area contributed by atoms with Crippen LogP contribution in [0.25, 0.3) is 0 Å². The fourth-order valence-corrected chi connectivity index (χ4v) is 2.71. The highest BCUT2D eigenvalue weighted by Gasteiger charge is 2.40. The number of ether oxygens (including phenoxy) is 2. The van der Waals surface area contributed by atoms with Gasteiger partial charge in [0, 0.05) is 10.0 Å². The summed E-state index contributed by atoms with van der Waals surface area (Å²) in [5, 5.41) is 0. The smallest absolute Gasteiger partial charge is 0.128 e. The number of rotatable bonds is 2. The quantitative estimate of drug-likeness (QED) is 0.770. The van der Waals surface area contributed by atoms with Gasteiger partial charge in [0.2, 0.25) is 0 Å². The minimum Gasteiger partial charge on any atom is -0.496 e. The largest absolute Gasteiger partial charge is 0.496 e. The van der Waals surface area contributed by atoms with Crippen LogP contribution in [0, 0.1) is 20.8 Å². The molecule has 1 fully saturated rings. The fraction of sp³-hybridized carbons (Fsp3) is 0.538. The summed E-state index contributed by atoms with van der Waals surface area (Å²) in [6.07, 6.45) is 0.507. The lowest BCUT2D eigenvalue weighted by Gasteiger charge is -2.17. The summed E-state index contributed by atoms with van der Waals surface area (Å²) in [5.74, 6) is 0.979. The fourth-order valence-electron chi connectivity index (χ4n) is 2.20. The van der Waals surface area contributed by atoms with Crippen LogP contribution in [0.4, 0.5) is 0 Å². The molecule has 0 aromatic heterocycles. The van der Waals surface area contributed by atoms with E-state index in [2.05, 4.69) is 43.6 Å². The van der Waals surface area contributed by atoms with Crippen molar-refractivity contribution in [1.29, 1.82) is 0 Å². The van der Waals surface area contributed by atoms with E-state index in [1.54, 1.807) is 7.11 Å². The Morgan fingerprint density at radius 3 is 2.12 bits per heavy atom. The van der Waals surface area contributed by atoms with Crippen LogP contribution in [0.1, 0.15) is 35.3 Å². The van der Waals surface area contributed by atoms with Crippen molar-refractivity contribution in [3.63, 3.8) is 0 Å². The van der Waals surface area contributed by atoms with Crippen LogP contribution in [0.2, 0.25) is 0 Å². The number of methoxy groups -OCH3 is 1. The highest BCUT2D eigenvalue weighted by atomic mass is 79.9. The molecule has 0 saturated carbocycles. The van der Waals surface area contributed by atoms with Crippen LogP contribution in [0.15, 0.2) is 4.47 Å². The molecule has 2 atom stereocenters. The molecule has 1 aliphatic rings. The van der Waals surface area contributed by atoms with E-state index < -0.39 is 0 Å². The zero-order valence-corrected chi connectivity index (χ0v) is 11.9. The second kappa shape index (κ2) is 4.04. The number of benzene rings is 1. The Labute approximate surface area is 105 Å². The van der Waals surface area contributed by atoms with E-state index in [1.807, 2.05) is 0 Å². The molecule has 1 aromatic carbocycles. The third-order valence-electron chi connectivity index (χ3n) is 3.41. The third-order valence-corrected chi connectivity index (χ3v) is 4.60. The van der Waals surface area contributed by atoms with Gasteiger partial charge < -0.3 is 9.47 Å². The molecule has 0 amide bonds. The van der Waals surface area contributed by atoms with Crippen LogP contribution < -0.4 is 4.74 Å². The molecule has 0 bridgehead atoms. The Morgan fingerprint density at radius 1 is 1.12 bits per heavy atom. The average molecular weight is 285 g/mol. The SMILES string of the molecule is COc1c(C)c(C)c(Br)c(C)c1C1OC1C. The molecule has 1 aromatic rings. The molecular weight excluding hydrogens is 268 g/mol. The number of halogens is 1. The lowest BCUT2D eigenvalue weighted by atomic mass is 9.96. The minimum absolute atomic E-state index is 0.200. The maximum atomic E-state index is 5.58. The maximum absolute atomic E-state index is 5.58. The van der Waals surface area contributed by atoms with Gasteiger partial charge in [-0.1, -0.05) is 15.9 Å². The van der Waals surface area contributed by atoms with Crippen molar-refractivity contribution >= 4 is 15.9 Å². The molecule has 16 heavy (non-hydrogen) atoms. The Hall–Kier alpha value is -0.540. The molecule has 0 radical (unpaired) electrons. The van der Waals surface area contributed by atoms with Gasteiger partial charge in [0.15, 0.2) is 0 Å². The van der Waals surface area contributed by atoms with Gasteiger partial charge in [-0.25, -0.2) is 0 Å². The highest BCUT2D eigenvalue weighted by Crippen LogP contribution is 2.48. The van der Waals surface area contributed by atoms with Crippen molar-refractivity contribution in [2.75, 3.05) is 7.11 Å².